The van der Waals surface area contributed by atoms with Crippen molar-refractivity contribution in [1.82, 2.24) is 0 Å². The molecule has 0 amide bonds. The van der Waals surface area contributed by atoms with Crippen LogP contribution in [0.4, 0.5) is 0 Å². The molecular weight excluding hydrogens is 266 g/mol. The molecule has 0 aliphatic rings. The van der Waals surface area contributed by atoms with Crippen molar-refractivity contribution in [3.63, 3.8) is 0 Å². The van der Waals surface area contributed by atoms with Crippen LogP contribution in [0.25, 0.3) is 0 Å². The average molecular weight is 278 g/mol. The summed E-state index contributed by atoms with van der Waals surface area (Å²) in [6.07, 6.45) is -2.29. The standard InChI is InChI=1S/C6H8O7.BH3O3.Na.H/c7-3(8)1-6(13,5(11)12)2-4(9)10;2-1(3)4;;/h13H,1-2H2,(H,7,8)(H,9,10)(H,11,12);2-4H;;. The molecule has 0 heterocycles. The molecule has 0 atom stereocenters. The summed E-state index contributed by atoms with van der Waals surface area (Å²) in [6.45, 7) is 0. The Morgan fingerprint density at radius 1 is 0.889 bits per heavy atom. The average Bonchev–Trinajstić information content (AvgIpc) is 1.98. The fraction of sp³-hybridized carbons (Fsp3) is 0.500. The first-order valence-electron chi connectivity index (χ1n) is 3.95. The van der Waals surface area contributed by atoms with Gasteiger partial charge in [-0.3, -0.25) is 9.59 Å². The second kappa shape index (κ2) is 10.3. The van der Waals surface area contributed by atoms with Crippen molar-refractivity contribution in [1.29, 1.82) is 0 Å². The Bertz CT molecular complexity index is 273. The predicted molar refractivity (Wildman–Crippen MR) is 56.7 cm³/mol. The number of hydrogen-bond donors (Lipinski definition) is 7. The van der Waals surface area contributed by atoms with Crippen molar-refractivity contribution in [2.24, 2.45) is 0 Å². The van der Waals surface area contributed by atoms with E-state index < -0.39 is 43.7 Å². The molecular formula is C6H12BNaO10. The molecule has 12 heteroatoms. The Labute approximate surface area is 123 Å². The van der Waals surface area contributed by atoms with Crippen molar-refractivity contribution in [2.75, 3.05) is 0 Å². The molecule has 7 N–H and O–H groups in total. The summed E-state index contributed by atoms with van der Waals surface area (Å²) in [5, 5.41) is 55.3. The van der Waals surface area contributed by atoms with Crippen LogP contribution >= 0.6 is 0 Å². The molecule has 0 spiro atoms. The molecule has 0 saturated carbocycles. The number of hydrogen-bond acceptors (Lipinski definition) is 7. The van der Waals surface area contributed by atoms with Crippen LogP contribution in [0, 0.1) is 0 Å². The summed E-state index contributed by atoms with van der Waals surface area (Å²) in [7, 11) is -2.17. The van der Waals surface area contributed by atoms with Gasteiger partial charge in [-0.05, 0) is 0 Å². The summed E-state index contributed by atoms with van der Waals surface area (Å²) in [5.74, 6) is -5.02. The van der Waals surface area contributed by atoms with Gasteiger partial charge in [0, 0.05) is 0 Å². The van der Waals surface area contributed by atoms with Crippen LogP contribution in [0.5, 0.6) is 0 Å². The van der Waals surface area contributed by atoms with E-state index >= 15 is 0 Å². The van der Waals surface area contributed by atoms with Crippen molar-refractivity contribution in [2.45, 2.75) is 18.4 Å². The molecule has 0 aromatic carbocycles. The van der Waals surface area contributed by atoms with E-state index in [1.807, 2.05) is 0 Å². The van der Waals surface area contributed by atoms with E-state index in [0.29, 0.717) is 0 Å². The van der Waals surface area contributed by atoms with Gasteiger partial charge in [0.25, 0.3) is 0 Å². The van der Waals surface area contributed by atoms with Gasteiger partial charge in [0.1, 0.15) is 0 Å². The van der Waals surface area contributed by atoms with Gasteiger partial charge in [-0.15, -0.1) is 0 Å². The number of aliphatic hydroxyl groups is 1. The molecule has 0 aromatic heterocycles. The zero-order valence-corrected chi connectivity index (χ0v) is 8.35. The van der Waals surface area contributed by atoms with E-state index in [1.165, 1.54) is 0 Å². The number of carboxylic acid groups (broad SMARTS) is 3. The Morgan fingerprint density at radius 3 is 1.22 bits per heavy atom. The van der Waals surface area contributed by atoms with Crippen molar-refractivity contribution >= 4 is 54.8 Å². The second-order valence-electron chi connectivity index (χ2n) is 2.82. The summed E-state index contributed by atoms with van der Waals surface area (Å²) >= 11 is 0. The van der Waals surface area contributed by atoms with Gasteiger partial charge in [0.15, 0.2) is 5.60 Å². The molecule has 10 nitrogen and oxygen atoms in total. The Hall–Kier alpha value is -0.685. The Kier molecular flexibility index (Phi) is 12.8. The molecule has 0 rings (SSSR count). The molecule has 100 valence electrons. The van der Waals surface area contributed by atoms with Gasteiger partial charge in [-0.1, -0.05) is 0 Å². The number of carboxylic acids is 3. The number of carbonyl (C=O) groups is 3. The zero-order valence-electron chi connectivity index (χ0n) is 8.35. The van der Waals surface area contributed by atoms with Crippen LogP contribution in [-0.4, -0.2) is 95.9 Å². The first kappa shape index (κ1) is 22.5. The quantitative estimate of drug-likeness (QED) is 0.244. The third kappa shape index (κ3) is 13.4. The van der Waals surface area contributed by atoms with Crippen molar-refractivity contribution in [3.8, 4) is 0 Å². The van der Waals surface area contributed by atoms with E-state index in [1.54, 1.807) is 0 Å². The summed E-state index contributed by atoms with van der Waals surface area (Å²) in [5.41, 5.74) is -2.74. The molecule has 0 aromatic rings. The molecule has 0 aliphatic carbocycles. The molecule has 0 bridgehead atoms. The maximum atomic E-state index is 10.3. The van der Waals surface area contributed by atoms with E-state index in [-0.39, 0.29) is 29.6 Å². The minimum absolute atomic E-state index is 0. The van der Waals surface area contributed by atoms with Crippen LogP contribution in [0.2, 0.25) is 0 Å². The monoisotopic (exact) mass is 278 g/mol. The third-order valence-corrected chi connectivity index (χ3v) is 1.29. The predicted octanol–water partition coefficient (Wildman–Crippen LogP) is -3.95. The van der Waals surface area contributed by atoms with Gasteiger partial charge in [-0.2, -0.15) is 0 Å². The normalized spacial score (nSPS) is 9.33. The zero-order chi connectivity index (χ0) is 14.2. The summed E-state index contributed by atoms with van der Waals surface area (Å²) in [4.78, 5) is 30.5. The van der Waals surface area contributed by atoms with Gasteiger partial charge < -0.3 is 35.5 Å². The number of rotatable bonds is 5. The SMILES string of the molecule is O=C(O)CC(O)(CC(=O)O)C(=O)O.OB(O)O.[NaH]. The van der Waals surface area contributed by atoms with E-state index in [2.05, 4.69) is 0 Å². The van der Waals surface area contributed by atoms with E-state index in [4.69, 9.17) is 35.5 Å². The molecule has 0 aliphatic heterocycles. The fourth-order valence-electron chi connectivity index (χ4n) is 0.714. The van der Waals surface area contributed by atoms with Crippen LogP contribution < -0.4 is 0 Å². The second-order valence-corrected chi connectivity index (χ2v) is 2.82. The molecule has 0 fully saturated rings. The van der Waals surface area contributed by atoms with Crippen molar-refractivity contribution in [3.05, 3.63) is 0 Å². The van der Waals surface area contributed by atoms with Gasteiger partial charge >= 0.3 is 54.8 Å². The molecule has 18 heavy (non-hydrogen) atoms. The topological polar surface area (TPSA) is 193 Å². The molecule has 0 radical (unpaired) electrons. The van der Waals surface area contributed by atoms with Crippen LogP contribution in [0.3, 0.4) is 0 Å². The Balaban J connectivity index is -0.000000392. The van der Waals surface area contributed by atoms with Crippen molar-refractivity contribution < 1.29 is 49.9 Å². The molecule has 0 saturated heterocycles. The van der Waals surface area contributed by atoms with E-state index in [9.17, 15) is 14.4 Å². The van der Waals surface area contributed by atoms with Crippen LogP contribution in [0.1, 0.15) is 12.8 Å². The first-order valence-corrected chi connectivity index (χ1v) is 3.95. The van der Waals surface area contributed by atoms with Crippen LogP contribution in [-0.2, 0) is 14.4 Å². The Morgan fingerprint density at radius 2 is 1.11 bits per heavy atom. The molecule has 0 unspecified atom stereocenters. The van der Waals surface area contributed by atoms with Crippen LogP contribution in [0.15, 0.2) is 0 Å². The van der Waals surface area contributed by atoms with E-state index in [0.717, 1.165) is 0 Å². The van der Waals surface area contributed by atoms with Gasteiger partial charge in [0.05, 0.1) is 12.8 Å². The number of aliphatic carboxylic acids is 3. The van der Waals surface area contributed by atoms with Gasteiger partial charge in [-0.25, -0.2) is 4.79 Å². The maximum absolute atomic E-state index is 10.3. The first-order chi connectivity index (χ1) is 7.51. The summed E-state index contributed by atoms with van der Waals surface area (Å²) in [6, 6.07) is 0. The third-order valence-electron chi connectivity index (χ3n) is 1.29. The fourth-order valence-corrected chi connectivity index (χ4v) is 0.714. The summed E-state index contributed by atoms with van der Waals surface area (Å²) < 4.78 is 0. The minimum atomic E-state index is -2.74. The van der Waals surface area contributed by atoms with Gasteiger partial charge in [0.2, 0.25) is 0 Å².